The Hall–Kier alpha value is -0.380. The van der Waals surface area contributed by atoms with E-state index in [2.05, 4.69) is 40.7 Å². The minimum Gasteiger partial charge on any atom is -0.391 e. The first kappa shape index (κ1) is 13.7. The molecule has 0 saturated carbocycles. The van der Waals surface area contributed by atoms with Crippen LogP contribution in [-0.4, -0.2) is 35.7 Å². The topological polar surface area (TPSA) is 23.5 Å². The standard InChI is InChI=1S/C13H20BrNO/c1-13(2,15(3)4)12(16)9-10-6-5-7-11(14)8-10/h5-8,12,16H,9H2,1-4H3. The molecule has 0 saturated heterocycles. The second kappa shape index (κ2) is 5.30. The zero-order chi connectivity index (χ0) is 12.3. The lowest BCUT2D eigenvalue weighted by Crippen LogP contribution is -2.49. The van der Waals surface area contributed by atoms with Gasteiger partial charge >= 0.3 is 0 Å². The maximum Gasteiger partial charge on any atom is 0.0758 e. The molecule has 2 nitrogen and oxygen atoms in total. The number of rotatable bonds is 4. The van der Waals surface area contributed by atoms with E-state index in [4.69, 9.17) is 0 Å². The summed E-state index contributed by atoms with van der Waals surface area (Å²) in [7, 11) is 3.98. The van der Waals surface area contributed by atoms with Crippen molar-refractivity contribution < 1.29 is 5.11 Å². The number of benzene rings is 1. The fourth-order valence-electron chi connectivity index (χ4n) is 1.44. The Balaban J connectivity index is 2.75. The van der Waals surface area contributed by atoms with Crippen LogP contribution in [0.5, 0.6) is 0 Å². The summed E-state index contributed by atoms with van der Waals surface area (Å²) in [5.74, 6) is 0. The van der Waals surface area contributed by atoms with Gasteiger partial charge in [-0.1, -0.05) is 28.1 Å². The molecular formula is C13H20BrNO. The molecule has 1 rings (SSSR count). The van der Waals surface area contributed by atoms with Gasteiger partial charge in [0.2, 0.25) is 0 Å². The maximum atomic E-state index is 10.2. The van der Waals surface area contributed by atoms with Crippen LogP contribution in [0.1, 0.15) is 19.4 Å². The highest BCUT2D eigenvalue weighted by atomic mass is 79.9. The van der Waals surface area contributed by atoms with E-state index in [1.165, 1.54) is 0 Å². The molecule has 1 aromatic carbocycles. The molecule has 1 N–H and O–H groups in total. The summed E-state index contributed by atoms with van der Waals surface area (Å²) in [5.41, 5.74) is 0.930. The monoisotopic (exact) mass is 285 g/mol. The first-order chi connectivity index (χ1) is 7.34. The summed E-state index contributed by atoms with van der Waals surface area (Å²) >= 11 is 3.44. The van der Waals surface area contributed by atoms with Gasteiger partial charge in [0.1, 0.15) is 0 Å². The van der Waals surface area contributed by atoms with Gasteiger partial charge < -0.3 is 10.0 Å². The van der Waals surface area contributed by atoms with Crippen molar-refractivity contribution in [2.24, 2.45) is 0 Å². The first-order valence-corrected chi connectivity index (χ1v) is 6.23. The number of hydrogen-bond acceptors (Lipinski definition) is 2. The van der Waals surface area contributed by atoms with Gasteiger partial charge in [0.05, 0.1) is 6.10 Å². The van der Waals surface area contributed by atoms with Crippen molar-refractivity contribution >= 4 is 15.9 Å². The minimum atomic E-state index is -0.378. The lowest BCUT2D eigenvalue weighted by molar-refractivity contribution is 0.0182. The van der Waals surface area contributed by atoms with Gasteiger partial charge in [-0.3, -0.25) is 0 Å². The van der Waals surface area contributed by atoms with Crippen molar-refractivity contribution in [3.63, 3.8) is 0 Å². The van der Waals surface area contributed by atoms with Crippen LogP contribution in [0.3, 0.4) is 0 Å². The van der Waals surface area contributed by atoms with E-state index in [9.17, 15) is 5.11 Å². The Morgan fingerprint density at radius 3 is 2.50 bits per heavy atom. The third-order valence-corrected chi connectivity index (χ3v) is 3.78. The van der Waals surface area contributed by atoms with E-state index >= 15 is 0 Å². The highest BCUT2D eigenvalue weighted by molar-refractivity contribution is 9.10. The van der Waals surface area contributed by atoms with E-state index < -0.39 is 0 Å². The van der Waals surface area contributed by atoms with Gasteiger partial charge in [-0.2, -0.15) is 0 Å². The van der Waals surface area contributed by atoms with Crippen molar-refractivity contribution in [1.29, 1.82) is 0 Å². The lowest BCUT2D eigenvalue weighted by atomic mass is 9.91. The molecule has 0 amide bonds. The van der Waals surface area contributed by atoms with Crippen molar-refractivity contribution in [1.82, 2.24) is 4.90 Å². The van der Waals surface area contributed by atoms with Crippen molar-refractivity contribution in [2.75, 3.05) is 14.1 Å². The Labute approximate surface area is 106 Å². The van der Waals surface area contributed by atoms with Crippen LogP contribution in [0.2, 0.25) is 0 Å². The van der Waals surface area contributed by atoms with E-state index in [0.29, 0.717) is 6.42 Å². The predicted molar refractivity (Wildman–Crippen MR) is 71.6 cm³/mol. The smallest absolute Gasteiger partial charge is 0.0758 e. The molecular weight excluding hydrogens is 266 g/mol. The van der Waals surface area contributed by atoms with E-state index in [-0.39, 0.29) is 11.6 Å². The number of hydrogen-bond donors (Lipinski definition) is 1. The van der Waals surface area contributed by atoms with Crippen LogP contribution >= 0.6 is 15.9 Å². The summed E-state index contributed by atoms with van der Waals surface area (Å²) in [5, 5.41) is 10.2. The summed E-state index contributed by atoms with van der Waals surface area (Å²) < 4.78 is 1.06. The highest BCUT2D eigenvalue weighted by Gasteiger charge is 2.29. The average molecular weight is 286 g/mol. The summed E-state index contributed by atoms with van der Waals surface area (Å²) in [6.07, 6.45) is 0.293. The van der Waals surface area contributed by atoms with Crippen LogP contribution in [0.25, 0.3) is 0 Å². The molecule has 3 heteroatoms. The van der Waals surface area contributed by atoms with Gasteiger partial charge in [0.25, 0.3) is 0 Å². The fourth-order valence-corrected chi connectivity index (χ4v) is 1.88. The van der Waals surface area contributed by atoms with Gasteiger partial charge in [-0.05, 0) is 45.6 Å². The molecule has 0 aliphatic rings. The SMILES string of the molecule is CN(C)C(C)(C)C(O)Cc1cccc(Br)c1. The maximum absolute atomic E-state index is 10.2. The number of nitrogens with zero attached hydrogens (tertiary/aromatic N) is 1. The van der Waals surface area contributed by atoms with Crippen LogP contribution in [0, 0.1) is 0 Å². The van der Waals surface area contributed by atoms with Crippen molar-refractivity contribution in [3.8, 4) is 0 Å². The summed E-state index contributed by atoms with van der Waals surface area (Å²) in [4.78, 5) is 2.05. The van der Waals surface area contributed by atoms with Gasteiger partial charge in [-0.15, -0.1) is 0 Å². The minimum absolute atomic E-state index is 0.220. The molecule has 0 radical (unpaired) electrons. The predicted octanol–water partition coefficient (Wildman–Crippen LogP) is 2.69. The third-order valence-electron chi connectivity index (χ3n) is 3.29. The summed E-state index contributed by atoms with van der Waals surface area (Å²) in [6, 6.07) is 8.08. The van der Waals surface area contributed by atoms with E-state index in [0.717, 1.165) is 10.0 Å². The van der Waals surface area contributed by atoms with Crippen molar-refractivity contribution in [2.45, 2.75) is 31.9 Å². The van der Waals surface area contributed by atoms with Crippen LogP contribution in [-0.2, 0) is 6.42 Å². The number of aliphatic hydroxyl groups is 1. The Morgan fingerprint density at radius 1 is 1.38 bits per heavy atom. The Kier molecular flexibility index (Phi) is 4.53. The normalized spacial score (nSPS) is 14.2. The highest BCUT2D eigenvalue weighted by Crippen LogP contribution is 2.21. The van der Waals surface area contributed by atoms with E-state index in [1.54, 1.807) is 0 Å². The molecule has 0 aromatic heterocycles. The molecule has 0 fully saturated rings. The fraction of sp³-hybridized carbons (Fsp3) is 0.538. The second-order valence-electron chi connectivity index (χ2n) is 4.90. The Bertz CT molecular complexity index is 350. The summed E-state index contributed by atoms with van der Waals surface area (Å²) in [6.45, 7) is 4.10. The number of likely N-dealkylation sites (N-methyl/N-ethyl adjacent to an activating group) is 1. The van der Waals surface area contributed by atoms with Gasteiger partial charge in [0.15, 0.2) is 0 Å². The molecule has 16 heavy (non-hydrogen) atoms. The zero-order valence-corrected chi connectivity index (χ0v) is 12.0. The molecule has 0 bridgehead atoms. The van der Waals surface area contributed by atoms with Gasteiger partial charge in [-0.25, -0.2) is 0 Å². The lowest BCUT2D eigenvalue weighted by Gasteiger charge is -2.37. The third kappa shape index (κ3) is 3.30. The van der Waals surface area contributed by atoms with Crippen LogP contribution in [0.15, 0.2) is 28.7 Å². The molecule has 0 heterocycles. The molecule has 1 aromatic rings. The van der Waals surface area contributed by atoms with Crippen LogP contribution < -0.4 is 0 Å². The number of halogens is 1. The molecule has 1 unspecified atom stereocenters. The van der Waals surface area contributed by atoms with Gasteiger partial charge in [0, 0.05) is 16.4 Å². The largest absolute Gasteiger partial charge is 0.391 e. The van der Waals surface area contributed by atoms with Crippen molar-refractivity contribution in [3.05, 3.63) is 34.3 Å². The quantitative estimate of drug-likeness (QED) is 0.920. The Morgan fingerprint density at radius 2 is 2.00 bits per heavy atom. The molecule has 0 aliphatic carbocycles. The molecule has 0 spiro atoms. The molecule has 90 valence electrons. The average Bonchev–Trinajstić information content (AvgIpc) is 2.17. The number of aliphatic hydroxyl groups excluding tert-OH is 1. The van der Waals surface area contributed by atoms with Crippen LogP contribution in [0.4, 0.5) is 0 Å². The second-order valence-corrected chi connectivity index (χ2v) is 5.81. The zero-order valence-electron chi connectivity index (χ0n) is 10.4. The first-order valence-electron chi connectivity index (χ1n) is 5.44. The molecule has 1 atom stereocenters. The molecule has 0 aliphatic heterocycles. The van der Waals surface area contributed by atoms with E-state index in [1.807, 2.05) is 32.3 Å².